The predicted octanol–water partition coefficient (Wildman–Crippen LogP) is 2.24. The molecule has 3 N–H and O–H groups in total. The van der Waals surface area contributed by atoms with Gasteiger partial charge in [-0.1, -0.05) is 41.5 Å². The molecule has 0 aliphatic heterocycles. The monoisotopic (exact) mass is 304 g/mol. The van der Waals surface area contributed by atoms with Gasteiger partial charge in [0.25, 0.3) is 0 Å². The normalized spacial score (nSPS) is 11.6. The largest absolute Gasteiger partial charge is 0.309 e. The fourth-order valence-electron chi connectivity index (χ4n) is 2.35. The van der Waals surface area contributed by atoms with E-state index in [1.807, 2.05) is 6.07 Å². The lowest BCUT2D eigenvalue weighted by molar-refractivity contribution is 0.597. The molecule has 2 rings (SSSR count). The Morgan fingerprint density at radius 3 is 2.19 bits per heavy atom. The van der Waals surface area contributed by atoms with Gasteiger partial charge in [0.05, 0.1) is 4.90 Å². The van der Waals surface area contributed by atoms with Gasteiger partial charge in [0.15, 0.2) is 0 Å². The second-order valence-corrected chi connectivity index (χ2v) is 6.85. The maximum absolute atomic E-state index is 11.3. The van der Waals surface area contributed by atoms with Crippen molar-refractivity contribution in [2.45, 2.75) is 31.8 Å². The molecule has 0 atom stereocenters. The lowest BCUT2D eigenvalue weighted by Crippen LogP contribution is -2.15. The van der Waals surface area contributed by atoms with Crippen LogP contribution in [0.5, 0.6) is 0 Å². The standard InChI is InChI=1S/C16H20N2O2S/c1-12-6-13(2)8-15(7-12)11-18-10-14-4-3-5-16(9-14)21(17,19)20/h3-9,18H,10-11H2,1-2H3,(H2,17,19,20). The minimum absolute atomic E-state index is 0.146. The van der Waals surface area contributed by atoms with Crippen molar-refractivity contribution in [3.63, 3.8) is 0 Å². The van der Waals surface area contributed by atoms with Crippen molar-refractivity contribution in [1.29, 1.82) is 0 Å². The summed E-state index contributed by atoms with van der Waals surface area (Å²) < 4.78 is 22.6. The Morgan fingerprint density at radius 2 is 1.57 bits per heavy atom. The average Bonchev–Trinajstić information content (AvgIpc) is 2.37. The zero-order chi connectivity index (χ0) is 15.5. The van der Waals surface area contributed by atoms with Crippen LogP contribution in [0.3, 0.4) is 0 Å². The fourth-order valence-corrected chi connectivity index (χ4v) is 2.94. The molecule has 0 spiro atoms. The number of rotatable bonds is 5. The summed E-state index contributed by atoms with van der Waals surface area (Å²) in [6.07, 6.45) is 0. The first-order valence-corrected chi connectivity index (χ1v) is 8.29. The van der Waals surface area contributed by atoms with Gasteiger partial charge in [-0.3, -0.25) is 0 Å². The number of nitrogens with two attached hydrogens (primary N) is 1. The number of primary sulfonamides is 1. The molecule has 0 unspecified atom stereocenters. The molecule has 21 heavy (non-hydrogen) atoms. The minimum Gasteiger partial charge on any atom is -0.309 e. The number of hydrogen-bond acceptors (Lipinski definition) is 3. The molecule has 0 aliphatic carbocycles. The van der Waals surface area contributed by atoms with Crippen molar-refractivity contribution in [2.24, 2.45) is 5.14 Å². The van der Waals surface area contributed by atoms with Crippen LogP contribution >= 0.6 is 0 Å². The van der Waals surface area contributed by atoms with Crippen LogP contribution in [0.1, 0.15) is 22.3 Å². The molecule has 4 nitrogen and oxygen atoms in total. The van der Waals surface area contributed by atoms with E-state index in [9.17, 15) is 8.42 Å². The summed E-state index contributed by atoms with van der Waals surface area (Å²) in [5.74, 6) is 0. The van der Waals surface area contributed by atoms with E-state index in [0.29, 0.717) is 6.54 Å². The lowest BCUT2D eigenvalue weighted by atomic mass is 10.1. The highest BCUT2D eigenvalue weighted by molar-refractivity contribution is 7.89. The van der Waals surface area contributed by atoms with Crippen molar-refractivity contribution in [1.82, 2.24) is 5.32 Å². The van der Waals surface area contributed by atoms with Crippen molar-refractivity contribution >= 4 is 10.0 Å². The zero-order valence-electron chi connectivity index (χ0n) is 12.3. The molecule has 112 valence electrons. The SMILES string of the molecule is Cc1cc(C)cc(CNCc2cccc(S(N)(=O)=O)c2)c1. The molecule has 0 aliphatic rings. The first-order chi connectivity index (χ1) is 9.84. The maximum Gasteiger partial charge on any atom is 0.238 e. The average molecular weight is 304 g/mol. The number of sulfonamides is 1. The van der Waals surface area contributed by atoms with Gasteiger partial charge >= 0.3 is 0 Å². The van der Waals surface area contributed by atoms with Crippen molar-refractivity contribution in [3.05, 3.63) is 64.7 Å². The second kappa shape index (κ2) is 6.39. The van der Waals surface area contributed by atoms with E-state index >= 15 is 0 Å². The third kappa shape index (κ3) is 4.67. The summed E-state index contributed by atoms with van der Waals surface area (Å²) in [6.45, 7) is 5.48. The van der Waals surface area contributed by atoms with Gasteiger partial charge in [-0.15, -0.1) is 0 Å². The number of benzene rings is 2. The van der Waals surface area contributed by atoms with Crippen LogP contribution in [0.15, 0.2) is 47.4 Å². The molecule has 0 bridgehead atoms. The van der Waals surface area contributed by atoms with Crippen molar-refractivity contribution in [2.75, 3.05) is 0 Å². The first kappa shape index (κ1) is 15.7. The summed E-state index contributed by atoms with van der Waals surface area (Å²) in [7, 11) is -3.64. The Bertz CT molecular complexity index is 719. The van der Waals surface area contributed by atoms with Gasteiger partial charge in [-0.05, 0) is 37.1 Å². The fraction of sp³-hybridized carbons (Fsp3) is 0.250. The number of hydrogen-bond donors (Lipinski definition) is 2. The van der Waals surface area contributed by atoms with E-state index in [-0.39, 0.29) is 4.90 Å². The summed E-state index contributed by atoms with van der Waals surface area (Å²) in [5.41, 5.74) is 4.59. The lowest BCUT2D eigenvalue weighted by Gasteiger charge is -2.08. The Morgan fingerprint density at radius 1 is 0.952 bits per heavy atom. The summed E-state index contributed by atoms with van der Waals surface area (Å²) in [5, 5.41) is 8.45. The van der Waals surface area contributed by atoms with Gasteiger partial charge in [0.1, 0.15) is 0 Å². The second-order valence-electron chi connectivity index (χ2n) is 5.29. The van der Waals surface area contributed by atoms with Crippen molar-refractivity contribution < 1.29 is 8.42 Å². The predicted molar refractivity (Wildman–Crippen MR) is 84.3 cm³/mol. The number of nitrogens with one attached hydrogen (secondary N) is 1. The Labute approximate surface area is 126 Å². The minimum atomic E-state index is -3.64. The van der Waals surface area contributed by atoms with Crippen LogP contribution in [0.2, 0.25) is 0 Å². The van der Waals surface area contributed by atoms with E-state index in [1.165, 1.54) is 22.8 Å². The molecule has 0 saturated carbocycles. The van der Waals surface area contributed by atoms with E-state index < -0.39 is 10.0 Å². The van der Waals surface area contributed by atoms with Gasteiger partial charge < -0.3 is 5.32 Å². The maximum atomic E-state index is 11.3. The van der Waals surface area contributed by atoms with E-state index in [1.54, 1.807) is 12.1 Å². The van der Waals surface area contributed by atoms with Crippen LogP contribution in [-0.2, 0) is 23.1 Å². The van der Waals surface area contributed by atoms with Gasteiger partial charge in [-0.25, -0.2) is 13.6 Å². The van der Waals surface area contributed by atoms with Gasteiger partial charge in [-0.2, -0.15) is 0 Å². The van der Waals surface area contributed by atoms with Gasteiger partial charge in [0.2, 0.25) is 10.0 Å². The first-order valence-electron chi connectivity index (χ1n) is 6.74. The summed E-state index contributed by atoms with van der Waals surface area (Å²) in [4.78, 5) is 0.146. The van der Waals surface area contributed by atoms with Crippen molar-refractivity contribution in [3.8, 4) is 0 Å². The Hall–Kier alpha value is -1.69. The van der Waals surface area contributed by atoms with Crippen LogP contribution in [-0.4, -0.2) is 8.42 Å². The van der Waals surface area contributed by atoms with Crippen LogP contribution < -0.4 is 10.5 Å². The smallest absolute Gasteiger partial charge is 0.238 e. The quantitative estimate of drug-likeness (QED) is 0.890. The molecule has 0 heterocycles. The molecular formula is C16H20N2O2S. The molecule has 2 aromatic carbocycles. The summed E-state index contributed by atoms with van der Waals surface area (Å²) in [6, 6.07) is 13.1. The third-order valence-electron chi connectivity index (χ3n) is 3.17. The highest BCUT2D eigenvalue weighted by atomic mass is 32.2. The van der Waals surface area contributed by atoms with Crippen LogP contribution in [0, 0.1) is 13.8 Å². The summed E-state index contributed by atoms with van der Waals surface area (Å²) >= 11 is 0. The molecule has 2 aromatic rings. The topological polar surface area (TPSA) is 72.2 Å². The molecule has 0 aromatic heterocycles. The molecule has 0 saturated heterocycles. The Balaban J connectivity index is 2.00. The third-order valence-corrected chi connectivity index (χ3v) is 4.08. The Kier molecular flexibility index (Phi) is 4.77. The van der Waals surface area contributed by atoms with Crippen LogP contribution in [0.4, 0.5) is 0 Å². The van der Waals surface area contributed by atoms with Gasteiger partial charge in [0, 0.05) is 13.1 Å². The van der Waals surface area contributed by atoms with E-state index in [2.05, 4.69) is 37.4 Å². The van der Waals surface area contributed by atoms with E-state index in [4.69, 9.17) is 5.14 Å². The number of aryl methyl sites for hydroxylation is 2. The van der Waals surface area contributed by atoms with E-state index in [0.717, 1.165) is 12.1 Å². The molecule has 0 radical (unpaired) electrons. The highest BCUT2D eigenvalue weighted by Crippen LogP contribution is 2.11. The highest BCUT2D eigenvalue weighted by Gasteiger charge is 2.07. The molecule has 0 fully saturated rings. The zero-order valence-corrected chi connectivity index (χ0v) is 13.1. The molecule has 0 amide bonds. The molecular weight excluding hydrogens is 284 g/mol. The van der Waals surface area contributed by atoms with Crippen LogP contribution in [0.25, 0.3) is 0 Å². The molecule has 5 heteroatoms.